The van der Waals surface area contributed by atoms with Crippen LogP contribution in [0, 0.1) is 0 Å². The molecule has 1 aliphatic heterocycles. The number of rotatable bonds is 1. The van der Waals surface area contributed by atoms with Gasteiger partial charge in [0.15, 0.2) is 0 Å². The lowest BCUT2D eigenvalue weighted by Crippen LogP contribution is -2.88. The van der Waals surface area contributed by atoms with Gasteiger partial charge in [0.1, 0.15) is 0 Å². The second-order valence-corrected chi connectivity index (χ2v) is 5.31. The Bertz CT molecular complexity index is 651. The van der Waals surface area contributed by atoms with E-state index in [9.17, 15) is 70.2 Å². The van der Waals surface area contributed by atoms with Crippen LogP contribution in [0.25, 0.3) is 0 Å². The van der Waals surface area contributed by atoms with E-state index >= 15 is 0 Å². The summed E-state index contributed by atoms with van der Waals surface area (Å²) >= 11 is 0. The lowest BCUT2D eigenvalue weighted by Gasteiger charge is -2.54. The third-order valence-electron chi connectivity index (χ3n) is 3.81. The predicted octanol–water partition coefficient (Wildman–Crippen LogP) is 4.74. The second-order valence-electron chi connectivity index (χ2n) is 5.31. The lowest BCUT2D eigenvalue weighted by molar-refractivity contribution is -0.557. The van der Waals surface area contributed by atoms with E-state index in [1.165, 1.54) is 0 Å². The molecule has 160 valence electrons. The molecule has 0 N–H and O–H groups in total. The molecule has 1 aliphatic carbocycles. The van der Waals surface area contributed by atoms with Crippen molar-refractivity contribution in [2.45, 2.75) is 53.5 Å². The number of alkyl halides is 16. The summed E-state index contributed by atoms with van der Waals surface area (Å²) in [4.78, 5) is 0. The van der Waals surface area contributed by atoms with Crippen LogP contribution in [-0.4, -0.2) is 53.5 Å². The minimum Gasteiger partial charge on any atom is -0.272 e. The Morgan fingerprint density at radius 2 is 0.889 bits per heavy atom. The van der Waals surface area contributed by atoms with E-state index in [2.05, 4.69) is 0 Å². The highest BCUT2D eigenvalue weighted by Gasteiger charge is 3.11. The first kappa shape index (κ1) is 22.1. The second kappa shape index (κ2) is 4.68. The SMILES string of the molecule is FC(F)(F)OC12OC(F)(F)C(F)(F)C1(F)C(F)(F)C(F)(F)C(F)(F)C2(F)F. The molecule has 18 heteroatoms. The van der Waals surface area contributed by atoms with Crippen LogP contribution in [0.15, 0.2) is 0 Å². The topological polar surface area (TPSA) is 18.5 Å². The molecule has 27 heavy (non-hydrogen) atoms. The average molecular weight is 444 g/mol. The van der Waals surface area contributed by atoms with Crippen LogP contribution < -0.4 is 0 Å². The average Bonchev–Trinajstić information content (AvgIpc) is 2.52. The van der Waals surface area contributed by atoms with Gasteiger partial charge in [0, 0.05) is 0 Å². The van der Waals surface area contributed by atoms with Crippen LogP contribution in [0.3, 0.4) is 0 Å². The van der Waals surface area contributed by atoms with Crippen LogP contribution in [0.5, 0.6) is 0 Å². The zero-order chi connectivity index (χ0) is 21.9. The van der Waals surface area contributed by atoms with Crippen molar-refractivity contribution in [1.82, 2.24) is 0 Å². The summed E-state index contributed by atoms with van der Waals surface area (Å²) in [5.74, 6) is -46.5. The molecule has 1 heterocycles. The number of hydrogen-bond acceptors (Lipinski definition) is 2. The number of halogens is 16. The molecule has 0 radical (unpaired) electrons. The van der Waals surface area contributed by atoms with E-state index in [1.807, 2.05) is 4.74 Å². The van der Waals surface area contributed by atoms with Gasteiger partial charge >= 0.3 is 47.8 Å². The van der Waals surface area contributed by atoms with E-state index in [0.29, 0.717) is 0 Å². The van der Waals surface area contributed by atoms with Crippen molar-refractivity contribution in [3.63, 3.8) is 0 Å². The molecule has 0 amide bonds. The minimum atomic E-state index is -7.99. The Morgan fingerprint density at radius 3 is 1.26 bits per heavy atom. The molecule has 0 bridgehead atoms. The highest BCUT2D eigenvalue weighted by atomic mass is 19.4. The molecular formula is C9F16O2. The minimum absolute atomic E-state index is 1.74. The Kier molecular flexibility index (Phi) is 3.83. The van der Waals surface area contributed by atoms with Gasteiger partial charge in [-0.05, 0) is 0 Å². The van der Waals surface area contributed by atoms with Crippen LogP contribution in [0.2, 0.25) is 0 Å². The smallest absolute Gasteiger partial charge is 0.272 e. The van der Waals surface area contributed by atoms with Crippen molar-refractivity contribution in [2.75, 3.05) is 0 Å². The zero-order valence-corrected chi connectivity index (χ0v) is 11.4. The van der Waals surface area contributed by atoms with E-state index < -0.39 is 53.5 Å². The highest BCUT2D eigenvalue weighted by molar-refractivity contribution is 5.34. The van der Waals surface area contributed by atoms with Gasteiger partial charge in [0.2, 0.25) is 0 Å². The van der Waals surface area contributed by atoms with Crippen molar-refractivity contribution in [3.8, 4) is 0 Å². The largest absolute Gasteiger partial charge is 0.525 e. The van der Waals surface area contributed by atoms with Crippen molar-refractivity contribution in [3.05, 3.63) is 0 Å². The van der Waals surface area contributed by atoms with E-state index in [0.717, 1.165) is 0 Å². The maximum absolute atomic E-state index is 14.3. The van der Waals surface area contributed by atoms with Crippen LogP contribution in [-0.2, 0) is 9.47 Å². The maximum Gasteiger partial charge on any atom is 0.525 e. The van der Waals surface area contributed by atoms with E-state index in [-0.39, 0.29) is 0 Å². The van der Waals surface area contributed by atoms with Gasteiger partial charge in [0.25, 0.3) is 5.79 Å². The Morgan fingerprint density at radius 1 is 0.519 bits per heavy atom. The van der Waals surface area contributed by atoms with Gasteiger partial charge in [-0.15, -0.1) is 13.2 Å². The normalized spacial score (nSPS) is 40.4. The maximum atomic E-state index is 14.3. The van der Waals surface area contributed by atoms with Crippen LogP contribution in [0.1, 0.15) is 0 Å². The summed E-state index contributed by atoms with van der Waals surface area (Å²) in [5.41, 5.74) is -7.82. The first-order chi connectivity index (χ1) is 11.4. The summed E-state index contributed by atoms with van der Waals surface area (Å²) in [7, 11) is 0. The van der Waals surface area contributed by atoms with Gasteiger partial charge in [-0.2, -0.15) is 52.7 Å². The van der Waals surface area contributed by atoms with Gasteiger partial charge in [-0.25, -0.2) is 9.13 Å². The van der Waals surface area contributed by atoms with Crippen molar-refractivity contribution in [1.29, 1.82) is 0 Å². The summed E-state index contributed by atoms with van der Waals surface area (Å²) in [5, 5.41) is 0. The van der Waals surface area contributed by atoms with E-state index in [1.54, 1.807) is 4.74 Å². The summed E-state index contributed by atoms with van der Waals surface area (Å²) in [6.45, 7) is 0. The quantitative estimate of drug-likeness (QED) is 0.545. The first-order valence-electron chi connectivity index (χ1n) is 5.84. The fourth-order valence-corrected chi connectivity index (χ4v) is 2.54. The Labute approximate surface area is 135 Å². The van der Waals surface area contributed by atoms with Gasteiger partial charge in [0.05, 0.1) is 0 Å². The van der Waals surface area contributed by atoms with Crippen molar-refractivity contribution >= 4 is 0 Å². The molecule has 0 aromatic heterocycles. The molecule has 2 nitrogen and oxygen atoms in total. The lowest BCUT2D eigenvalue weighted by atomic mass is 9.68. The molecule has 1 saturated heterocycles. The van der Waals surface area contributed by atoms with Gasteiger partial charge in [-0.1, -0.05) is 0 Å². The van der Waals surface area contributed by atoms with Gasteiger partial charge in [-0.3, -0.25) is 4.74 Å². The molecule has 1 saturated carbocycles. The molecule has 2 unspecified atom stereocenters. The highest BCUT2D eigenvalue weighted by Crippen LogP contribution is 2.77. The molecular weight excluding hydrogens is 444 g/mol. The van der Waals surface area contributed by atoms with E-state index in [4.69, 9.17) is 0 Å². The third-order valence-corrected chi connectivity index (χ3v) is 3.81. The van der Waals surface area contributed by atoms with Crippen LogP contribution in [0.4, 0.5) is 70.2 Å². The number of fused-ring (bicyclic) bond motifs is 1. The van der Waals surface area contributed by atoms with Crippen molar-refractivity contribution in [2.24, 2.45) is 0 Å². The molecule has 2 fully saturated rings. The number of hydrogen-bond donors (Lipinski definition) is 0. The Balaban J connectivity index is 3.07. The monoisotopic (exact) mass is 444 g/mol. The standard InChI is InChI=1S/C9F16O2/c10-1-2(11,12)4(15,16)5(17,18)6(19,20)7(1,27-9(23,24)25)26-8(21,22)3(1,13)14. The predicted molar refractivity (Wildman–Crippen MR) is 44.5 cm³/mol. The molecule has 0 spiro atoms. The summed E-state index contributed by atoms with van der Waals surface area (Å²) in [6.07, 6.45) is -14.2. The first-order valence-corrected chi connectivity index (χ1v) is 5.84. The Hall–Kier alpha value is -1.20. The number of ether oxygens (including phenoxy) is 2. The van der Waals surface area contributed by atoms with Gasteiger partial charge < -0.3 is 0 Å². The molecule has 2 atom stereocenters. The zero-order valence-electron chi connectivity index (χ0n) is 11.4. The summed E-state index contributed by atoms with van der Waals surface area (Å²) in [6, 6.07) is 0. The molecule has 2 rings (SSSR count). The molecule has 0 aromatic rings. The molecule has 2 aliphatic rings. The molecule has 0 aromatic carbocycles. The fraction of sp³-hybridized carbons (Fsp3) is 1.00. The summed E-state index contributed by atoms with van der Waals surface area (Å²) < 4.78 is 215. The fourth-order valence-electron chi connectivity index (χ4n) is 2.54. The van der Waals surface area contributed by atoms with Crippen molar-refractivity contribution < 1.29 is 79.7 Å². The van der Waals surface area contributed by atoms with Crippen LogP contribution >= 0.6 is 0 Å². The third kappa shape index (κ3) is 1.88.